The fourth-order valence-electron chi connectivity index (χ4n) is 2.87. The van der Waals surface area contributed by atoms with Crippen molar-refractivity contribution < 1.29 is 14.3 Å². The van der Waals surface area contributed by atoms with Gasteiger partial charge in [-0.3, -0.25) is 9.59 Å². The number of Topliss-reactive ketones (excluding diaryl/α,β-unsaturated/α-hetero) is 1. The highest BCUT2D eigenvalue weighted by atomic mass is 16.5. The van der Waals surface area contributed by atoms with Gasteiger partial charge in [-0.05, 0) is 28.5 Å². The summed E-state index contributed by atoms with van der Waals surface area (Å²) in [6.45, 7) is 2.10. The van der Waals surface area contributed by atoms with Crippen molar-refractivity contribution >= 4 is 33.3 Å². The van der Waals surface area contributed by atoms with Gasteiger partial charge in [-0.25, -0.2) is 0 Å². The number of ketones is 1. The maximum atomic E-state index is 12.5. The molecule has 0 spiro atoms. The minimum atomic E-state index is -0.327. The number of ether oxygens (including phenoxy) is 1. The summed E-state index contributed by atoms with van der Waals surface area (Å²) in [4.78, 5) is 23.9. The van der Waals surface area contributed by atoms with Crippen molar-refractivity contribution in [1.82, 2.24) is 0 Å². The average Bonchev–Trinajstić information content (AvgIpc) is 2.59. The van der Waals surface area contributed by atoms with E-state index in [0.29, 0.717) is 12.2 Å². The summed E-state index contributed by atoms with van der Waals surface area (Å²) in [7, 11) is 0. The first-order valence-electron chi connectivity index (χ1n) is 7.80. The molecular weight excluding hydrogens is 288 g/mol. The third-order valence-electron chi connectivity index (χ3n) is 3.95. The molecule has 0 aromatic heterocycles. The van der Waals surface area contributed by atoms with Crippen LogP contribution in [0.5, 0.6) is 0 Å². The number of esters is 1. The van der Waals surface area contributed by atoms with Gasteiger partial charge in [-0.2, -0.15) is 0 Å². The summed E-state index contributed by atoms with van der Waals surface area (Å²) >= 11 is 0. The fraction of sp³-hybridized carbons (Fsp3) is 0.200. The van der Waals surface area contributed by atoms with E-state index in [2.05, 4.69) is 12.1 Å². The molecule has 0 radical (unpaired) electrons. The lowest BCUT2D eigenvalue weighted by molar-refractivity contribution is -0.143. The van der Waals surface area contributed by atoms with Crippen molar-refractivity contribution in [2.45, 2.75) is 19.8 Å². The lowest BCUT2D eigenvalue weighted by atomic mass is 9.95. The van der Waals surface area contributed by atoms with E-state index in [1.165, 1.54) is 0 Å². The minimum Gasteiger partial charge on any atom is -0.466 e. The fourth-order valence-corrected chi connectivity index (χ4v) is 2.87. The van der Waals surface area contributed by atoms with Gasteiger partial charge < -0.3 is 4.74 Å². The molecule has 0 aliphatic rings. The Labute approximate surface area is 134 Å². The topological polar surface area (TPSA) is 43.4 Å². The molecule has 3 heteroatoms. The molecule has 0 bridgehead atoms. The van der Waals surface area contributed by atoms with Gasteiger partial charge in [0.15, 0.2) is 5.78 Å². The largest absolute Gasteiger partial charge is 0.466 e. The van der Waals surface area contributed by atoms with E-state index in [1.807, 2.05) is 42.5 Å². The van der Waals surface area contributed by atoms with Gasteiger partial charge in [0.05, 0.1) is 13.0 Å². The molecule has 0 heterocycles. The Balaban J connectivity index is 1.96. The van der Waals surface area contributed by atoms with Crippen molar-refractivity contribution in [3.8, 4) is 0 Å². The Kier molecular flexibility index (Phi) is 4.38. The number of hydrogen-bond donors (Lipinski definition) is 0. The molecule has 0 unspecified atom stereocenters. The third kappa shape index (κ3) is 3.09. The van der Waals surface area contributed by atoms with E-state index in [9.17, 15) is 9.59 Å². The molecule has 0 aliphatic carbocycles. The average molecular weight is 306 g/mol. The monoisotopic (exact) mass is 306 g/mol. The molecule has 23 heavy (non-hydrogen) atoms. The zero-order chi connectivity index (χ0) is 16.2. The van der Waals surface area contributed by atoms with Crippen LogP contribution in [0, 0.1) is 0 Å². The second kappa shape index (κ2) is 6.61. The number of rotatable bonds is 5. The molecule has 0 aliphatic heterocycles. The third-order valence-corrected chi connectivity index (χ3v) is 3.95. The molecule has 3 aromatic carbocycles. The van der Waals surface area contributed by atoms with Crippen LogP contribution >= 0.6 is 0 Å². The van der Waals surface area contributed by atoms with Gasteiger partial charge in [0.25, 0.3) is 0 Å². The normalized spacial score (nSPS) is 10.8. The Morgan fingerprint density at radius 3 is 2.43 bits per heavy atom. The number of hydrogen-bond acceptors (Lipinski definition) is 3. The van der Waals surface area contributed by atoms with Crippen LogP contribution < -0.4 is 0 Å². The summed E-state index contributed by atoms with van der Waals surface area (Å²) < 4.78 is 4.88. The first kappa shape index (κ1) is 15.2. The standard InChI is InChI=1S/C20H18O3/c1-2-23-20(22)13-12-19(21)18-9-5-8-16-15-7-4-3-6-14(15)10-11-17(16)18/h3-11H,2,12-13H2,1H3. The van der Waals surface area contributed by atoms with E-state index in [0.717, 1.165) is 21.5 Å². The highest BCUT2D eigenvalue weighted by molar-refractivity contribution is 6.15. The van der Waals surface area contributed by atoms with E-state index in [1.54, 1.807) is 6.92 Å². The molecular formula is C20H18O3. The van der Waals surface area contributed by atoms with Crippen LogP contribution in [-0.4, -0.2) is 18.4 Å². The lowest BCUT2D eigenvalue weighted by Gasteiger charge is -2.08. The van der Waals surface area contributed by atoms with E-state index in [4.69, 9.17) is 4.74 Å². The number of carbonyl (C=O) groups excluding carboxylic acids is 2. The van der Waals surface area contributed by atoms with Gasteiger partial charge in [0, 0.05) is 12.0 Å². The van der Waals surface area contributed by atoms with Crippen LogP contribution in [-0.2, 0) is 9.53 Å². The molecule has 3 aromatic rings. The first-order chi connectivity index (χ1) is 11.2. The Morgan fingerprint density at radius 1 is 0.826 bits per heavy atom. The molecule has 0 saturated carbocycles. The van der Waals surface area contributed by atoms with Crippen molar-refractivity contribution in [3.05, 3.63) is 60.2 Å². The van der Waals surface area contributed by atoms with Gasteiger partial charge in [-0.1, -0.05) is 54.6 Å². The maximum Gasteiger partial charge on any atom is 0.306 e. The second-order valence-corrected chi connectivity index (χ2v) is 5.42. The molecule has 116 valence electrons. The van der Waals surface area contributed by atoms with Crippen molar-refractivity contribution in [2.75, 3.05) is 6.61 Å². The van der Waals surface area contributed by atoms with Crippen LogP contribution in [0.1, 0.15) is 30.1 Å². The van der Waals surface area contributed by atoms with Crippen LogP contribution in [0.3, 0.4) is 0 Å². The second-order valence-electron chi connectivity index (χ2n) is 5.42. The highest BCUT2D eigenvalue weighted by Gasteiger charge is 2.13. The lowest BCUT2D eigenvalue weighted by Crippen LogP contribution is -2.08. The first-order valence-corrected chi connectivity index (χ1v) is 7.80. The number of fused-ring (bicyclic) bond motifs is 3. The Morgan fingerprint density at radius 2 is 1.61 bits per heavy atom. The highest BCUT2D eigenvalue weighted by Crippen LogP contribution is 2.28. The van der Waals surface area contributed by atoms with Gasteiger partial charge >= 0.3 is 5.97 Å². The molecule has 3 rings (SSSR count). The smallest absolute Gasteiger partial charge is 0.306 e. The Hall–Kier alpha value is -2.68. The van der Waals surface area contributed by atoms with Gasteiger partial charge in [-0.15, -0.1) is 0 Å². The van der Waals surface area contributed by atoms with Crippen LogP contribution in [0.2, 0.25) is 0 Å². The van der Waals surface area contributed by atoms with Crippen LogP contribution in [0.4, 0.5) is 0 Å². The van der Waals surface area contributed by atoms with Crippen LogP contribution in [0.15, 0.2) is 54.6 Å². The van der Waals surface area contributed by atoms with Gasteiger partial charge in [0.2, 0.25) is 0 Å². The van der Waals surface area contributed by atoms with Crippen molar-refractivity contribution in [2.24, 2.45) is 0 Å². The zero-order valence-electron chi connectivity index (χ0n) is 13.0. The summed E-state index contributed by atoms with van der Waals surface area (Å²) in [5.41, 5.74) is 0.664. The molecule has 0 N–H and O–H groups in total. The summed E-state index contributed by atoms with van der Waals surface area (Å²) in [6, 6.07) is 17.9. The number of benzene rings is 3. The molecule has 0 atom stereocenters. The van der Waals surface area contributed by atoms with E-state index < -0.39 is 0 Å². The SMILES string of the molecule is CCOC(=O)CCC(=O)c1cccc2c1ccc1ccccc12. The summed E-state index contributed by atoms with van der Waals surface area (Å²) in [5.74, 6) is -0.356. The predicted octanol–water partition coefficient (Wildman–Crippen LogP) is 4.52. The summed E-state index contributed by atoms with van der Waals surface area (Å²) in [5, 5.41) is 4.27. The van der Waals surface area contributed by atoms with Crippen LogP contribution in [0.25, 0.3) is 21.5 Å². The predicted molar refractivity (Wildman–Crippen MR) is 91.7 cm³/mol. The molecule has 0 amide bonds. The Bertz CT molecular complexity index is 880. The molecule has 0 fully saturated rings. The minimum absolute atomic E-state index is 0.0288. The van der Waals surface area contributed by atoms with Crippen molar-refractivity contribution in [3.63, 3.8) is 0 Å². The molecule has 3 nitrogen and oxygen atoms in total. The molecule has 0 saturated heterocycles. The number of carbonyl (C=O) groups is 2. The van der Waals surface area contributed by atoms with Crippen molar-refractivity contribution in [1.29, 1.82) is 0 Å². The van der Waals surface area contributed by atoms with Gasteiger partial charge in [0.1, 0.15) is 0 Å². The van der Waals surface area contributed by atoms with E-state index >= 15 is 0 Å². The maximum absolute atomic E-state index is 12.5. The zero-order valence-corrected chi connectivity index (χ0v) is 13.0. The van der Waals surface area contributed by atoms with E-state index in [-0.39, 0.29) is 24.6 Å². The quantitative estimate of drug-likeness (QED) is 0.395. The summed E-state index contributed by atoms with van der Waals surface area (Å²) in [6.07, 6.45) is 0.293.